The van der Waals surface area contributed by atoms with Crippen LogP contribution in [0.15, 0.2) is 22.6 Å². The molecule has 2 heterocycles. The highest BCUT2D eigenvalue weighted by Crippen LogP contribution is 2.48. The minimum Gasteiger partial charge on any atom is -0.453 e. The van der Waals surface area contributed by atoms with E-state index in [9.17, 15) is 4.79 Å². The van der Waals surface area contributed by atoms with Crippen LogP contribution in [0.2, 0.25) is 0 Å². The van der Waals surface area contributed by atoms with Crippen LogP contribution in [0.5, 0.6) is 5.75 Å². The number of esters is 1. The molecule has 88 valence electrons. The fraction of sp³-hybridized carbons (Fsp3) is 0.500. The van der Waals surface area contributed by atoms with Crippen LogP contribution >= 0.6 is 0 Å². The van der Waals surface area contributed by atoms with Gasteiger partial charge in [0.25, 0.3) is 0 Å². The molecule has 3 unspecified atom stereocenters. The van der Waals surface area contributed by atoms with Gasteiger partial charge in [-0.3, -0.25) is 4.79 Å². The second-order valence-corrected chi connectivity index (χ2v) is 5.41. The number of ether oxygens (including phenoxy) is 1. The van der Waals surface area contributed by atoms with Crippen molar-refractivity contribution in [3.63, 3.8) is 0 Å². The lowest BCUT2D eigenvalue weighted by molar-refractivity contribution is -0.140. The van der Waals surface area contributed by atoms with Gasteiger partial charge in [-0.25, -0.2) is 0 Å². The summed E-state index contributed by atoms with van der Waals surface area (Å²) in [6.07, 6.45) is 4.76. The first kappa shape index (κ1) is 9.51. The van der Waals surface area contributed by atoms with Gasteiger partial charge in [-0.2, -0.15) is 0 Å². The van der Waals surface area contributed by atoms with Gasteiger partial charge >= 0.3 is 5.97 Å². The van der Waals surface area contributed by atoms with E-state index in [1.54, 1.807) is 6.07 Å². The molecule has 0 saturated heterocycles. The number of hydrogen-bond acceptors (Lipinski definition) is 3. The number of carbonyl (C=O) groups excluding carboxylic acids is 1. The topological polar surface area (TPSA) is 39.4 Å². The van der Waals surface area contributed by atoms with Crippen LogP contribution in [0.1, 0.15) is 25.7 Å². The Labute approximate surface area is 99.1 Å². The van der Waals surface area contributed by atoms with Crippen molar-refractivity contribution >= 4 is 17.1 Å². The minimum absolute atomic E-state index is 0.0545. The lowest BCUT2D eigenvalue weighted by atomic mass is 9.89. The fourth-order valence-corrected chi connectivity index (χ4v) is 3.56. The summed E-state index contributed by atoms with van der Waals surface area (Å²) in [5, 5.41) is 0. The number of rotatable bonds is 2. The van der Waals surface area contributed by atoms with Crippen LogP contribution in [-0.4, -0.2) is 5.97 Å². The molecule has 0 amide bonds. The molecule has 2 saturated carbocycles. The monoisotopic (exact) mass is 230 g/mol. The van der Waals surface area contributed by atoms with E-state index in [2.05, 4.69) is 0 Å². The summed E-state index contributed by atoms with van der Waals surface area (Å²) >= 11 is 0. The van der Waals surface area contributed by atoms with Crippen LogP contribution in [0.25, 0.3) is 11.2 Å². The van der Waals surface area contributed by atoms with Gasteiger partial charge in [0, 0.05) is 6.07 Å². The Morgan fingerprint density at radius 3 is 2.82 bits per heavy atom. The molecule has 3 atom stereocenters. The van der Waals surface area contributed by atoms with Crippen molar-refractivity contribution in [3.05, 3.63) is 18.2 Å². The molecule has 2 aliphatic rings. The lowest BCUT2D eigenvalue weighted by Crippen LogP contribution is -2.25. The van der Waals surface area contributed by atoms with E-state index in [1.807, 2.05) is 12.1 Å². The number of benzene rings is 1. The first-order chi connectivity index (χ1) is 8.29. The normalized spacial score (nSPS) is 31.4. The van der Waals surface area contributed by atoms with E-state index in [-0.39, 0.29) is 11.9 Å². The van der Waals surface area contributed by atoms with Crippen molar-refractivity contribution in [1.29, 1.82) is 0 Å². The van der Waals surface area contributed by atoms with Crippen molar-refractivity contribution in [3.8, 4) is 5.75 Å². The van der Waals surface area contributed by atoms with Crippen molar-refractivity contribution in [2.45, 2.75) is 25.7 Å². The van der Waals surface area contributed by atoms with Gasteiger partial charge in [-0.15, -0.1) is 0 Å². The smallest absolute Gasteiger partial charge is 0.314 e. The molecule has 2 aromatic rings. The van der Waals surface area contributed by atoms with E-state index in [0.29, 0.717) is 17.3 Å². The zero-order chi connectivity index (χ0) is 11.4. The predicted octanol–water partition coefficient (Wildman–Crippen LogP) is 3.21. The van der Waals surface area contributed by atoms with Crippen LogP contribution in [-0.2, 0) is 4.79 Å². The molecular weight excluding hydrogens is 216 g/mol. The number of carbonyl (C=O) groups is 1. The third-order valence-electron chi connectivity index (χ3n) is 4.39. The van der Waals surface area contributed by atoms with E-state index in [0.717, 1.165) is 17.9 Å². The second-order valence-electron chi connectivity index (χ2n) is 5.41. The number of furan rings is 2. The molecule has 2 aliphatic carbocycles. The second kappa shape index (κ2) is 3.25. The Hall–Kier alpha value is -1.51. The lowest BCUT2D eigenvalue weighted by Gasteiger charge is -2.19. The first-order valence-electron chi connectivity index (χ1n) is 6.33. The SMILES string of the molecule is O=C(Oc1cc2ccc1o2)C1CC2CCC1C2. The zero-order valence-electron chi connectivity index (χ0n) is 9.52. The summed E-state index contributed by atoms with van der Waals surface area (Å²) in [6, 6.07) is 5.52. The minimum atomic E-state index is -0.0545. The molecule has 0 spiro atoms. The number of fused-ring (bicyclic) bond motifs is 4. The molecule has 4 rings (SSSR count). The largest absolute Gasteiger partial charge is 0.453 e. The summed E-state index contributed by atoms with van der Waals surface area (Å²) < 4.78 is 10.8. The van der Waals surface area contributed by atoms with Crippen molar-refractivity contribution < 1.29 is 13.9 Å². The Balaban J connectivity index is 1.52. The standard InChI is InChI=1S/C14H14O3/c15-14(11-6-8-1-2-9(11)5-8)17-13-7-10-3-4-12(13)16-10/h3-4,7-9,11H,1-2,5-6H2. The van der Waals surface area contributed by atoms with Crippen LogP contribution in [0.4, 0.5) is 0 Å². The highest BCUT2D eigenvalue weighted by atomic mass is 16.5. The van der Waals surface area contributed by atoms with E-state index in [4.69, 9.17) is 9.15 Å². The summed E-state index contributed by atoms with van der Waals surface area (Å²) in [7, 11) is 0. The molecule has 17 heavy (non-hydrogen) atoms. The quantitative estimate of drug-likeness (QED) is 0.587. The van der Waals surface area contributed by atoms with Crippen LogP contribution < -0.4 is 4.74 Å². The molecule has 3 heteroatoms. The van der Waals surface area contributed by atoms with Gasteiger partial charge in [0.1, 0.15) is 5.58 Å². The summed E-state index contributed by atoms with van der Waals surface area (Å²) in [5.41, 5.74) is 1.45. The summed E-state index contributed by atoms with van der Waals surface area (Å²) in [4.78, 5) is 12.1. The van der Waals surface area contributed by atoms with Crippen molar-refractivity contribution in [2.75, 3.05) is 0 Å². The Bertz CT molecular complexity index is 556. The van der Waals surface area contributed by atoms with E-state index < -0.39 is 0 Å². The first-order valence-corrected chi connectivity index (χ1v) is 6.33. The third kappa shape index (κ3) is 1.38. The molecule has 2 aromatic heterocycles. The highest BCUT2D eigenvalue weighted by molar-refractivity contribution is 5.80. The maximum atomic E-state index is 12.1. The molecular formula is C14H14O3. The molecule has 0 radical (unpaired) electrons. The Morgan fingerprint density at radius 1 is 1.29 bits per heavy atom. The molecule has 3 nitrogen and oxygen atoms in total. The van der Waals surface area contributed by atoms with Crippen LogP contribution in [0, 0.1) is 17.8 Å². The van der Waals surface area contributed by atoms with Gasteiger partial charge in [0.05, 0.1) is 5.92 Å². The van der Waals surface area contributed by atoms with Gasteiger partial charge in [0.15, 0.2) is 11.3 Å². The van der Waals surface area contributed by atoms with Gasteiger partial charge in [-0.1, -0.05) is 6.42 Å². The molecule has 2 fully saturated rings. The van der Waals surface area contributed by atoms with Crippen molar-refractivity contribution in [1.82, 2.24) is 0 Å². The molecule has 0 aliphatic heterocycles. The highest BCUT2D eigenvalue weighted by Gasteiger charge is 2.44. The maximum absolute atomic E-state index is 12.1. The molecule has 0 N–H and O–H groups in total. The van der Waals surface area contributed by atoms with Crippen LogP contribution in [0.3, 0.4) is 0 Å². The molecule has 4 bridgehead atoms. The van der Waals surface area contributed by atoms with E-state index >= 15 is 0 Å². The Kier molecular flexibility index (Phi) is 1.82. The third-order valence-corrected chi connectivity index (χ3v) is 4.39. The maximum Gasteiger partial charge on any atom is 0.314 e. The zero-order valence-corrected chi connectivity index (χ0v) is 9.52. The van der Waals surface area contributed by atoms with Gasteiger partial charge in [0.2, 0.25) is 0 Å². The predicted molar refractivity (Wildman–Crippen MR) is 62.0 cm³/mol. The van der Waals surface area contributed by atoms with Crippen molar-refractivity contribution in [2.24, 2.45) is 17.8 Å². The summed E-state index contributed by atoms with van der Waals surface area (Å²) in [5.74, 6) is 2.00. The van der Waals surface area contributed by atoms with E-state index in [1.165, 1.54) is 19.3 Å². The summed E-state index contributed by atoms with van der Waals surface area (Å²) in [6.45, 7) is 0. The Morgan fingerprint density at radius 2 is 2.24 bits per heavy atom. The van der Waals surface area contributed by atoms with Gasteiger partial charge in [-0.05, 0) is 43.2 Å². The number of hydrogen-bond donors (Lipinski definition) is 0. The fourth-order valence-electron chi connectivity index (χ4n) is 3.56. The molecule has 0 aromatic carbocycles. The van der Waals surface area contributed by atoms with Gasteiger partial charge < -0.3 is 9.15 Å². The average molecular weight is 230 g/mol. The average Bonchev–Trinajstić information content (AvgIpc) is 3.08.